The fourth-order valence-corrected chi connectivity index (χ4v) is 4.86. The lowest BCUT2D eigenvalue weighted by Gasteiger charge is -2.14. The van der Waals surface area contributed by atoms with Crippen molar-refractivity contribution >= 4 is 63.5 Å². The van der Waals surface area contributed by atoms with Crippen molar-refractivity contribution in [3.8, 4) is 11.5 Å². The first kappa shape index (κ1) is 26.9. The average Bonchev–Trinajstić information content (AvgIpc) is 3.20. The third-order valence-corrected chi connectivity index (χ3v) is 6.63. The molecular weight excluding hydrogens is 524 g/mol. The lowest BCUT2D eigenvalue weighted by molar-refractivity contribution is -0.118. The SMILES string of the molecule is CCOC(=O)c1ccc(NC(=O)COc2ccc(/C=C3\SC(=S)N(c4ccccc4)C3=O)cc2OC)cc1. The third-order valence-electron chi connectivity index (χ3n) is 5.33. The Kier molecular flexibility index (Phi) is 8.77. The van der Waals surface area contributed by atoms with Crippen LogP contribution in [-0.4, -0.2) is 42.4 Å². The van der Waals surface area contributed by atoms with Gasteiger partial charge in [-0.2, -0.15) is 0 Å². The highest BCUT2D eigenvalue weighted by molar-refractivity contribution is 8.27. The van der Waals surface area contributed by atoms with Gasteiger partial charge in [0, 0.05) is 5.69 Å². The molecule has 4 rings (SSSR count). The number of thiocarbonyl (C=S) groups is 1. The second-order valence-electron chi connectivity index (χ2n) is 7.90. The minimum absolute atomic E-state index is 0.197. The number of para-hydroxylation sites is 1. The minimum Gasteiger partial charge on any atom is -0.493 e. The standard InChI is InChI=1S/C28H24N2O6S2/c1-3-35-27(33)19-10-12-20(13-11-19)29-25(31)17-36-22-14-9-18(15-23(22)34-2)16-24-26(32)30(28(37)38-24)21-7-5-4-6-8-21/h4-16H,3,17H2,1-2H3,(H,29,31)/b24-16-. The minimum atomic E-state index is -0.424. The van der Waals surface area contributed by atoms with Gasteiger partial charge in [0.05, 0.1) is 29.9 Å². The van der Waals surface area contributed by atoms with Crippen molar-refractivity contribution in [2.24, 2.45) is 0 Å². The van der Waals surface area contributed by atoms with Crippen molar-refractivity contribution in [1.29, 1.82) is 0 Å². The molecule has 0 radical (unpaired) electrons. The number of carbonyl (C=O) groups is 3. The van der Waals surface area contributed by atoms with Crippen molar-refractivity contribution in [3.05, 3.63) is 88.8 Å². The molecule has 0 atom stereocenters. The predicted octanol–water partition coefficient (Wildman–Crippen LogP) is 5.30. The number of methoxy groups -OCH3 is 1. The van der Waals surface area contributed by atoms with Gasteiger partial charge in [-0.05, 0) is 67.1 Å². The van der Waals surface area contributed by atoms with Gasteiger partial charge < -0.3 is 19.5 Å². The number of ether oxygens (including phenoxy) is 3. The van der Waals surface area contributed by atoms with E-state index in [1.54, 1.807) is 55.5 Å². The van der Waals surface area contributed by atoms with E-state index in [1.165, 1.54) is 23.8 Å². The van der Waals surface area contributed by atoms with Crippen LogP contribution in [0.5, 0.6) is 11.5 Å². The largest absolute Gasteiger partial charge is 0.493 e. The van der Waals surface area contributed by atoms with E-state index in [0.717, 1.165) is 0 Å². The number of nitrogens with one attached hydrogen (secondary N) is 1. The zero-order chi connectivity index (χ0) is 27.1. The first-order chi connectivity index (χ1) is 18.4. The Morgan fingerprint density at radius 2 is 1.76 bits per heavy atom. The van der Waals surface area contributed by atoms with Gasteiger partial charge in [-0.3, -0.25) is 14.5 Å². The number of benzene rings is 3. The molecule has 0 unspecified atom stereocenters. The molecule has 0 spiro atoms. The van der Waals surface area contributed by atoms with E-state index >= 15 is 0 Å². The predicted molar refractivity (Wildman–Crippen MR) is 152 cm³/mol. The molecule has 1 heterocycles. The van der Waals surface area contributed by atoms with Crippen molar-refractivity contribution in [2.75, 3.05) is 30.5 Å². The van der Waals surface area contributed by atoms with Crippen molar-refractivity contribution < 1.29 is 28.6 Å². The summed E-state index contributed by atoms with van der Waals surface area (Å²) in [6.45, 7) is 1.76. The Bertz CT molecular complexity index is 1390. The van der Waals surface area contributed by atoms with Crippen LogP contribution in [0.3, 0.4) is 0 Å². The van der Waals surface area contributed by atoms with Gasteiger partial charge >= 0.3 is 5.97 Å². The molecule has 8 nitrogen and oxygen atoms in total. The summed E-state index contributed by atoms with van der Waals surface area (Å²) in [4.78, 5) is 39.1. The van der Waals surface area contributed by atoms with Gasteiger partial charge in [0.25, 0.3) is 11.8 Å². The lowest BCUT2D eigenvalue weighted by atomic mass is 10.2. The van der Waals surface area contributed by atoms with Gasteiger partial charge in [0.1, 0.15) is 0 Å². The van der Waals surface area contributed by atoms with E-state index in [-0.39, 0.29) is 25.0 Å². The average molecular weight is 549 g/mol. The second-order valence-corrected chi connectivity index (χ2v) is 9.57. The van der Waals surface area contributed by atoms with Crippen LogP contribution in [0.2, 0.25) is 0 Å². The molecule has 0 saturated carbocycles. The van der Waals surface area contributed by atoms with Crippen LogP contribution < -0.4 is 19.7 Å². The maximum atomic E-state index is 13.0. The first-order valence-electron chi connectivity index (χ1n) is 11.6. The summed E-state index contributed by atoms with van der Waals surface area (Å²) in [5.74, 6) is -0.229. The number of nitrogens with zero attached hydrogens (tertiary/aromatic N) is 1. The van der Waals surface area contributed by atoms with E-state index < -0.39 is 5.97 Å². The van der Waals surface area contributed by atoms with Gasteiger partial charge in [-0.1, -0.05) is 48.2 Å². The molecule has 0 aliphatic carbocycles. The van der Waals surface area contributed by atoms with Gasteiger partial charge in [-0.15, -0.1) is 0 Å². The van der Waals surface area contributed by atoms with Crippen LogP contribution >= 0.6 is 24.0 Å². The molecule has 0 bridgehead atoms. The number of thioether (sulfide) groups is 1. The quantitative estimate of drug-likeness (QED) is 0.219. The molecule has 1 N–H and O–H groups in total. The maximum absolute atomic E-state index is 13.0. The van der Waals surface area contributed by atoms with Crippen LogP contribution in [0.4, 0.5) is 11.4 Å². The highest BCUT2D eigenvalue weighted by Gasteiger charge is 2.33. The Hall–Kier alpha value is -4.15. The summed E-state index contributed by atoms with van der Waals surface area (Å²) >= 11 is 6.65. The zero-order valence-corrected chi connectivity index (χ0v) is 22.3. The summed E-state index contributed by atoms with van der Waals surface area (Å²) in [6, 6.07) is 20.8. The molecule has 38 heavy (non-hydrogen) atoms. The highest BCUT2D eigenvalue weighted by Crippen LogP contribution is 2.37. The normalized spacial score (nSPS) is 13.9. The topological polar surface area (TPSA) is 94.2 Å². The molecule has 1 aliphatic heterocycles. The summed E-state index contributed by atoms with van der Waals surface area (Å²) in [6.07, 6.45) is 1.74. The number of hydrogen-bond acceptors (Lipinski definition) is 8. The van der Waals surface area contributed by atoms with Gasteiger partial charge in [-0.25, -0.2) is 4.79 Å². The van der Waals surface area contributed by atoms with Gasteiger partial charge in [0.15, 0.2) is 22.4 Å². The zero-order valence-electron chi connectivity index (χ0n) is 20.6. The Morgan fingerprint density at radius 1 is 1.03 bits per heavy atom. The highest BCUT2D eigenvalue weighted by atomic mass is 32.2. The molecule has 10 heteroatoms. The molecule has 1 saturated heterocycles. The Morgan fingerprint density at radius 3 is 2.45 bits per heavy atom. The Labute approximate surface area is 229 Å². The fraction of sp³-hybridized carbons (Fsp3) is 0.143. The summed E-state index contributed by atoms with van der Waals surface area (Å²) in [5.41, 5.74) is 2.34. The van der Waals surface area contributed by atoms with Crippen molar-refractivity contribution in [1.82, 2.24) is 0 Å². The van der Waals surface area contributed by atoms with Crippen LogP contribution in [-0.2, 0) is 14.3 Å². The van der Waals surface area contributed by atoms with E-state index in [4.69, 9.17) is 26.4 Å². The number of rotatable bonds is 9. The number of hydrogen-bond donors (Lipinski definition) is 1. The van der Waals surface area contributed by atoms with Crippen molar-refractivity contribution in [3.63, 3.8) is 0 Å². The molecule has 3 aromatic rings. The molecule has 194 valence electrons. The van der Waals surface area contributed by atoms with E-state index in [1.807, 2.05) is 30.3 Å². The lowest BCUT2D eigenvalue weighted by Crippen LogP contribution is -2.27. The van der Waals surface area contributed by atoms with Gasteiger partial charge in [0.2, 0.25) is 0 Å². The van der Waals surface area contributed by atoms with Crippen molar-refractivity contribution in [2.45, 2.75) is 6.92 Å². The summed E-state index contributed by atoms with van der Waals surface area (Å²) in [7, 11) is 1.49. The second kappa shape index (κ2) is 12.4. The summed E-state index contributed by atoms with van der Waals surface area (Å²) < 4.78 is 16.5. The molecule has 0 aromatic heterocycles. The number of carbonyl (C=O) groups excluding carboxylic acids is 3. The van der Waals surface area contributed by atoms with Crippen LogP contribution in [0.1, 0.15) is 22.8 Å². The van der Waals surface area contributed by atoms with E-state index in [0.29, 0.717) is 43.2 Å². The Balaban J connectivity index is 1.39. The molecule has 2 amide bonds. The number of amides is 2. The third kappa shape index (κ3) is 6.39. The van der Waals surface area contributed by atoms with Crippen LogP contribution in [0.25, 0.3) is 6.08 Å². The van der Waals surface area contributed by atoms with Crippen LogP contribution in [0.15, 0.2) is 77.7 Å². The van der Waals surface area contributed by atoms with E-state index in [9.17, 15) is 14.4 Å². The fourth-order valence-electron chi connectivity index (χ4n) is 3.56. The van der Waals surface area contributed by atoms with E-state index in [2.05, 4.69) is 5.32 Å². The van der Waals surface area contributed by atoms with Crippen LogP contribution in [0, 0.1) is 0 Å². The number of esters is 1. The molecule has 1 fully saturated rings. The summed E-state index contributed by atoms with van der Waals surface area (Å²) in [5, 5.41) is 2.71. The smallest absolute Gasteiger partial charge is 0.338 e. The number of anilines is 2. The molecular formula is C28H24N2O6S2. The molecule has 3 aromatic carbocycles. The first-order valence-corrected chi connectivity index (χ1v) is 12.8. The maximum Gasteiger partial charge on any atom is 0.338 e. The monoisotopic (exact) mass is 548 g/mol. The molecule has 1 aliphatic rings.